The van der Waals surface area contributed by atoms with Crippen LogP contribution in [0.15, 0.2) is 47.6 Å². The van der Waals surface area contributed by atoms with Crippen LogP contribution in [0.1, 0.15) is 15.9 Å². The van der Waals surface area contributed by atoms with Gasteiger partial charge in [-0.15, -0.1) is 0 Å². The van der Waals surface area contributed by atoms with Crippen molar-refractivity contribution < 1.29 is 19.1 Å². The molecule has 0 unspecified atom stereocenters. The molecule has 0 atom stereocenters. The number of amides is 2. The molecule has 1 heterocycles. The molecule has 7 nitrogen and oxygen atoms in total. The van der Waals surface area contributed by atoms with Gasteiger partial charge in [0.25, 0.3) is 11.8 Å². The van der Waals surface area contributed by atoms with E-state index in [0.717, 1.165) is 5.56 Å². The predicted octanol–water partition coefficient (Wildman–Crippen LogP) is 1.99. The highest BCUT2D eigenvalue weighted by atomic mass is 35.5. The number of hydrogen-bond acceptors (Lipinski definition) is 5. The molecular weight excluding hydrogens is 358 g/mol. The second-order valence-electron chi connectivity index (χ2n) is 5.39. The Morgan fingerprint density at radius 3 is 2.73 bits per heavy atom. The minimum Gasteiger partial charge on any atom is -0.486 e. The Hall–Kier alpha value is -3.06. The number of nitrogens with zero attached hydrogens (tertiary/aromatic N) is 1. The fourth-order valence-electron chi connectivity index (χ4n) is 2.25. The smallest absolute Gasteiger partial charge is 0.259 e. The third-order valence-corrected chi connectivity index (χ3v) is 3.70. The van der Waals surface area contributed by atoms with Crippen LogP contribution in [0.3, 0.4) is 0 Å². The Balaban J connectivity index is 1.48. The summed E-state index contributed by atoms with van der Waals surface area (Å²) in [6.45, 7) is 0.817. The maximum atomic E-state index is 11.9. The molecule has 0 spiro atoms. The topological polar surface area (TPSA) is 89.0 Å². The van der Waals surface area contributed by atoms with E-state index in [1.54, 1.807) is 36.4 Å². The molecule has 2 amide bonds. The standard InChI is InChI=1S/C18H16ClN3O4/c19-14-3-1-2-13(9-14)18(24)20-11-17(23)22-21-10-12-4-5-15-16(8-12)26-7-6-25-15/h1-5,8-10H,6-7,11H2,(H,20,24)(H,22,23). The number of ether oxygens (including phenoxy) is 2. The van der Waals surface area contributed by atoms with E-state index in [1.807, 2.05) is 0 Å². The number of halogens is 1. The number of carbonyl (C=O) groups is 2. The summed E-state index contributed by atoms with van der Waals surface area (Å²) in [5.74, 6) is 0.481. The zero-order chi connectivity index (χ0) is 18.4. The lowest BCUT2D eigenvalue weighted by molar-refractivity contribution is -0.120. The molecule has 0 bridgehead atoms. The van der Waals surface area contributed by atoms with Crippen LogP contribution in [0.5, 0.6) is 11.5 Å². The van der Waals surface area contributed by atoms with Crippen LogP contribution in [0, 0.1) is 0 Å². The summed E-state index contributed by atoms with van der Waals surface area (Å²) in [4.78, 5) is 23.7. The van der Waals surface area contributed by atoms with E-state index >= 15 is 0 Å². The monoisotopic (exact) mass is 373 g/mol. The lowest BCUT2D eigenvalue weighted by Crippen LogP contribution is -2.34. The van der Waals surface area contributed by atoms with Crippen LogP contribution >= 0.6 is 11.6 Å². The number of hydrazone groups is 1. The van der Waals surface area contributed by atoms with Crippen molar-refractivity contribution in [3.05, 3.63) is 58.6 Å². The fraction of sp³-hybridized carbons (Fsp3) is 0.167. The predicted molar refractivity (Wildman–Crippen MR) is 97.0 cm³/mol. The second kappa shape index (κ2) is 8.35. The van der Waals surface area contributed by atoms with E-state index in [2.05, 4.69) is 15.8 Å². The van der Waals surface area contributed by atoms with Crippen LogP contribution < -0.4 is 20.2 Å². The highest BCUT2D eigenvalue weighted by Crippen LogP contribution is 2.30. The summed E-state index contributed by atoms with van der Waals surface area (Å²) >= 11 is 5.83. The maximum absolute atomic E-state index is 11.9. The van der Waals surface area contributed by atoms with E-state index < -0.39 is 11.8 Å². The van der Waals surface area contributed by atoms with Gasteiger partial charge in [0.15, 0.2) is 11.5 Å². The zero-order valence-corrected chi connectivity index (χ0v) is 14.5. The quantitative estimate of drug-likeness (QED) is 0.619. The minimum absolute atomic E-state index is 0.205. The minimum atomic E-state index is -0.450. The van der Waals surface area contributed by atoms with Gasteiger partial charge in [-0.2, -0.15) is 5.10 Å². The summed E-state index contributed by atoms with van der Waals surface area (Å²) in [6.07, 6.45) is 1.48. The largest absolute Gasteiger partial charge is 0.486 e. The Kier molecular flexibility index (Phi) is 5.70. The first-order chi connectivity index (χ1) is 12.6. The van der Waals surface area contributed by atoms with Gasteiger partial charge >= 0.3 is 0 Å². The molecular formula is C18H16ClN3O4. The van der Waals surface area contributed by atoms with Crippen molar-refractivity contribution in [3.8, 4) is 11.5 Å². The lowest BCUT2D eigenvalue weighted by atomic mass is 10.2. The average Bonchev–Trinajstić information content (AvgIpc) is 2.66. The van der Waals surface area contributed by atoms with Crippen LogP contribution in [0.25, 0.3) is 0 Å². The van der Waals surface area contributed by atoms with Crippen molar-refractivity contribution in [2.75, 3.05) is 19.8 Å². The molecule has 1 aliphatic heterocycles. The van der Waals surface area contributed by atoms with Crippen LogP contribution in [0.4, 0.5) is 0 Å². The second-order valence-corrected chi connectivity index (χ2v) is 5.83. The van der Waals surface area contributed by atoms with E-state index in [1.165, 1.54) is 12.3 Å². The van der Waals surface area contributed by atoms with Crippen molar-refractivity contribution in [3.63, 3.8) is 0 Å². The van der Waals surface area contributed by atoms with E-state index in [4.69, 9.17) is 21.1 Å². The van der Waals surface area contributed by atoms with Crippen LogP contribution in [-0.4, -0.2) is 37.8 Å². The lowest BCUT2D eigenvalue weighted by Gasteiger charge is -2.18. The summed E-state index contributed by atoms with van der Waals surface area (Å²) in [7, 11) is 0. The van der Waals surface area contributed by atoms with Crippen LogP contribution in [0.2, 0.25) is 5.02 Å². The molecule has 0 aromatic heterocycles. The van der Waals surface area contributed by atoms with Gasteiger partial charge < -0.3 is 14.8 Å². The highest BCUT2D eigenvalue weighted by Gasteiger charge is 2.11. The Morgan fingerprint density at radius 2 is 1.92 bits per heavy atom. The molecule has 26 heavy (non-hydrogen) atoms. The first-order valence-electron chi connectivity index (χ1n) is 7.87. The van der Waals surface area contributed by atoms with Gasteiger partial charge in [-0.3, -0.25) is 9.59 Å². The van der Waals surface area contributed by atoms with Crippen molar-refractivity contribution >= 4 is 29.6 Å². The summed E-state index contributed by atoms with van der Waals surface area (Å²) in [6, 6.07) is 11.8. The first-order valence-corrected chi connectivity index (χ1v) is 8.25. The van der Waals surface area contributed by atoms with E-state index in [0.29, 0.717) is 35.3 Å². The molecule has 0 saturated carbocycles. The molecule has 8 heteroatoms. The zero-order valence-electron chi connectivity index (χ0n) is 13.7. The molecule has 0 radical (unpaired) electrons. The molecule has 2 aromatic carbocycles. The summed E-state index contributed by atoms with van der Waals surface area (Å²) < 4.78 is 10.9. The van der Waals surface area contributed by atoms with Crippen molar-refractivity contribution in [2.24, 2.45) is 5.10 Å². The maximum Gasteiger partial charge on any atom is 0.259 e. The summed E-state index contributed by atoms with van der Waals surface area (Å²) in [5, 5.41) is 6.81. The normalized spacial score (nSPS) is 12.7. The van der Waals surface area contributed by atoms with E-state index in [-0.39, 0.29) is 6.54 Å². The SMILES string of the molecule is O=C(CNC(=O)c1cccc(Cl)c1)NN=Cc1ccc2c(c1)OCCO2. The Labute approximate surface area is 154 Å². The molecule has 2 N–H and O–H groups in total. The van der Waals surface area contributed by atoms with Gasteiger partial charge in [0.05, 0.1) is 12.8 Å². The number of fused-ring (bicyclic) bond motifs is 1. The number of benzene rings is 2. The summed E-state index contributed by atoms with van der Waals surface area (Å²) in [5.41, 5.74) is 3.47. The molecule has 3 rings (SSSR count). The molecule has 0 saturated heterocycles. The van der Waals surface area contributed by atoms with Gasteiger partial charge in [0, 0.05) is 10.6 Å². The van der Waals surface area contributed by atoms with Gasteiger partial charge in [-0.1, -0.05) is 17.7 Å². The molecule has 2 aromatic rings. The van der Waals surface area contributed by atoms with Gasteiger partial charge in [-0.05, 0) is 42.0 Å². The number of carbonyl (C=O) groups excluding carboxylic acids is 2. The van der Waals surface area contributed by atoms with Crippen LogP contribution in [-0.2, 0) is 4.79 Å². The molecule has 0 aliphatic carbocycles. The third-order valence-electron chi connectivity index (χ3n) is 3.47. The fourth-order valence-corrected chi connectivity index (χ4v) is 2.44. The molecule has 0 fully saturated rings. The Morgan fingerprint density at radius 1 is 1.12 bits per heavy atom. The van der Waals surface area contributed by atoms with Gasteiger partial charge in [0.1, 0.15) is 13.2 Å². The molecule has 1 aliphatic rings. The van der Waals surface area contributed by atoms with Crippen molar-refractivity contribution in [1.29, 1.82) is 0 Å². The van der Waals surface area contributed by atoms with Gasteiger partial charge in [0.2, 0.25) is 0 Å². The number of hydrogen-bond donors (Lipinski definition) is 2. The third kappa shape index (κ3) is 4.73. The first kappa shape index (κ1) is 17.8. The number of rotatable bonds is 5. The average molecular weight is 374 g/mol. The van der Waals surface area contributed by atoms with E-state index in [9.17, 15) is 9.59 Å². The van der Waals surface area contributed by atoms with Crippen molar-refractivity contribution in [2.45, 2.75) is 0 Å². The highest BCUT2D eigenvalue weighted by molar-refractivity contribution is 6.30. The molecule has 134 valence electrons. The van der Waals surface area contributed by atoms with Crippen molar-refractivity contribution in [1.82, 2.24) is 10.7 Å². The van der Waals surface area contributed by atoms with Gasteiger partial charge in [-0.25, -0.2) is 5.43 Å². The number of nitrogens with one attached hydrogen (secondary N) is 2. The Bertz CT molecular complexity index is 854.